The number of anilines is 2. The van der Waals surface area contributed by atoms with E-state index < -0.39 is 0 Å². The maximum Gasteiger partial charge on any atom is 0.222 e. The predicted octanol–water partition coefficient (Wildman–Crippen LogP) is 1.54. The van der Waals surface area contributed by atoms with E-state index >= 15 is 0 Å². The second-order valence-electron chi connectivity index (χ2n) is 3.89. The molecule has 0 saturated heterocycles. The summed E-state index contributed by atoms with van der Waals surface area (Å²) in [5.74, 6) is 0.987. The first-order chi connectivity index (χ1) is 7.70. The zero-order valence-corrected chi connectivity index (χ0v) is 9.49. The van der Waals surface area contributed by atoms with E-state index in [9.17, 15) is 0 Å². The molecule has 1 atom stereocenters. The normalized spacial score (nSPS) is 12.9. The average molecular weight is 220 g/mol. The fourth-order valence-electron chi connectivity index (χ4n) is 1.70. The second-order valence-corrected chi connectivity index (χ2v) is 3.89. The fourth-order valence-corrected chi connectivity index (χ4v) is 1.70. The highest BCUT2D eigenvalue weighted by atomic mass is 15.2. The minimum absolute atomic E-state index is 0.264. The third-order valence-corrected chi connectivity index (χ3v) is 2.42. The SMILES string of the molecule is CCC[C@@H](C)Nc1nc(N)nc2cn[nH]c12. The van der Waals surface area contributed by atoms with E-state index in [0.717, 1.165) is 29.7 Å². The number of aromatic nitrogens is 4. The number of aromatic amines is 1. The van der Waals surface area contributed by atoms with Crippen LogP contribution in [0.3, 0.4) is 0 Å². The van der Waals surface area contributed by atoms with Crippen molar-refractivity contribution < 1.29 is 0 Å². The van der Waals surface area contributed by atoms with Crippen LogP contribution >= 0.6 is 0 Å². The molecule has 2 aromatic rings. The number of nitrogen functional groups attached to an aromatic ring is 1. The van der Waals surface area contributed by atoms with Crippen molar-refractivity contribution in [2.24, 2.45) is 0 Å². The second kappa shape index (κ2) is 4.34. The Morgan fingerprint density at radius 2 is 2.31 bits per heavy atom. The Morgan fingerprint density at radius 1 is 1.50 bits per heavy atom. The molecule has 2 aromatic heterocycles. The summed E-state index contributed by atoms with van der Waals surface area (Å²) in [4.78, 5) is 8.26. The topological polar surface area (TPSA) is 92.5 Å². The molecule has 6 nitrogen and oxygen atoms in total. The van der Waals surface area contributed by atoms with Crippen LogP contribution in [0.1, 0.15) is 26.7 Å². The van der Waals surface area contributed by atoms with Crippen LogP contribution in [-0.2, 0) is 0 Å². The Morgan fingerprint density at radius 3 is 3.06 bits per heavy atom. The Hall–Kier alpha value is -1.85. The van der Waals surface area contributed by atoms with E-state index in [2.05, 4.69) is 39.3 Å². The summed E-state index contributed by atoms with van der Waals surface area (Å²) in [5.41, 5.74) is 7.17. The molecule has 0 aliphatic carbocycles. The van der Waals surface area contributed by atoms with Crippen LogP contribution in [-0.4, -0.2) is 26.2 Å². The Bertz CT molecular complexity index is 477. The van der Waals surface area contributed by atoms with Crippen LogP contribution < -0.4 is 11.1 Å². The van der Waals surface area contributed by atoms with E-state index in [1.165, 1.54) is 0 Å². The zero-order valence-electron chi connectivity index (χ0n) is 9.49. The number of H-pyrrole nitrogens is 1. The molecule has 2 heterocycles. The van der Waals surface area contributed by atoms with Crippen molar-refractivity contribution in [1.82, 2.24) is 20.2 Å². The van der Waals surface area contributed by atoms with E-state index in [4.69, 9.17) is 5.73 Å². The van der Waals surface area contributed by atoms with Gasteiger partial charge in [0.1, 0.15) is 11.0 Å². The molecule has 4 N–H and O–H groups in total. The van der Waals surface area contributed by atoms with Crippen LogP contribution in [0.5, 0.6) is 0 Å². The Labute approximate surface area is 93.7 Å². The molecule has 0 aromatic carbocycles. The summed E-state index contributed by atoms with van der Waals surface area (Å²) in [6, 6.07) is 0.353. The molecule has 6 heteroatoms. The Kier molecular flexibility index (Phi) is 2.89. The molecule has 16 heavy (non-hydrogen) atoms. The lowest BCUT2D eigenvalue weighted by Gasteiger charge is -2.13. The number of hydrogen-bond acceptors (Lipinski definition) is 5. The third kappa shape index (κ3) is 2.05. The number of hydrogen-bond donors (Lipinski definition) is 3. The van der Waals surface area contributed by atoms with Gasteiger partial charge in [-0.3, -0.25) is 5.10 Å². The van der Waals surface area contributed by atoms with E-state index in [0.29, 0.717) is 6.04 Å². The van der Waals surface area contributed by atoms with Gasteiger partial charge >= 0.3 is 0 Å². The largest absolute Gasteiger partial charge is 0.368 e. The van der Waals surface area contributed by atoms with Crippen molar-refractivity contribution in [2.75, 3.05) is 11.1 Å². The molecule has 0 fully saturated rings. The van der Waals surface area contributed by atoms with Crippen molar-refractivity contribution in [2.45, 2.75) is 32.7 Å². The first-order valence-corrected chi connectivity index (χ1v) is 5.43. The molecule has 0 radical (unpaired) electrons. The van der Waals surface area contributed by atoms with Crippen LogP contribution in [0, 0.1) is 0 Å². The number of fused-ring (bicyclic) bond motifs is 1. The molecule has 2 rings (SSSR count). The first kappa shape index (κ1) is 10.7. The molecule has 0 unspecified atom stereocenters. The van der Waals surface area contributed by atoms with E-state index in [1.54, 1.807) is 6.20 Å². The van der Waals surface area contributed by atoms with Gasteiger partial charge in [-0.05, 0) is 13.3 Å². The summed E-state index contributed by atoms with van der Waals surface area (Å²) in [6.45, 7) is 4.27. The summed E-state index contributed by atoms with van der Waals surface area (Å²) in [7, 11) is 0. The molecule has 0 spiro atoms. The monoisotopic (exact) mass is 220 g/mol. The van der Waals surface area contributed by atoms with Gasteiger partial charge in [-0.1, -0.05) is 13.3 Å². The first-order valence-electron chi connectivity index (χ1n) is 5.43. The molecule has 0 aliphatic rings. The predicted molar refractivity (Wildman–Crippen MR) is 64.1 cm³/mol. The lowest BCUT2D eigenvalue weighted by molar-refractivity contribution is 0.688. The van der Waals surface area contributed by atoms with E-state index in [1.807, 2.05) is 0 Å². The van der Waals surface area contributed by atoms with Crippen molar-refractivity contribution in [1.29, 1.82) is 0 Å². The number of nitrogens with zero attached hydrogens (tertiary/aromatic N) is 3. The minimum atomic E-state index is 0.264. The number of nitrogens with two attached hydrogens (primary N) is 1. The molecular formula is C10H16N6. The van der Waals surface area contributed by atoms with Crippen LogP contribution in [0.4, 0.5) is 11.8 Å². The molecule has 86 valence electrons. The van der Waals surface area contributed by atoms with Gasteiger partial charge < -0.3 is 11.1 Å². The lowest BCUT2D eigenvalue weighted by atomic mass is 10.2. The smallest absolute Gasteiger partial charge is 0.222 e. The third-order valence-electron chi connectivity index (χ3n) is 2.42. The van der Waals surface area contributed by atoms with Crippen LogP contribution in [0.25, 0.3) is 11.0 Å². The maximum absolute atomic E-state index is 5.63. The molecule has 0 aliphatic heterocycles. The van der Waals surface area contributed by atoms with Crippen molar-refractivity contribution in [3.63, 3.8) is 0 Å². The number of nitrogens with one attached hydrogen (secondary N) is 2. The lowest BCUT2D eigenvalue weighted by Crippen LogP contribution is -2.16. The van der Waals surface area contributed by atoms with Crippen molar-refractivity contribution in [3.8, 4) is 0 Å². The zero-order chi connectivity index (χ0) is 11.5. The van der Waals surface area contributed by atoms with Gasteiger partial charge in [0.05, 0.1) is 6.20 Å². The van der Waals surface area contributed by atoms with E-state index in [-0.39, 0.29) is 5.95 Å². The van der Waals surface area contributed by atoms with Gasteiger partial charge in [-0.2, -0.15) is 10.1 Å². The Balaban J connectivity index is 2.31. The molecule has 0 amide bonds. The number of rotatable bonds is 4. The van der Waals surface area contributed by atoms with Gasteiger partial charge in [-0.15, -0.1) is 0 Å². The van der Waals surface area contributed by atoms with Gasteiger partial charge in [0.25, 0.3) is 0 Å². The van der Waals surface area contributed by atoms with Gasteiger partial charge in [0.2, 0.25) is 5.95 Å². The molecule has 0 bridgehead atoms. The van der Waals surface area contributed by atoms with Gasteiger partial charge in [0, 0.05) is 6.04 Å². The quantitative estimate of drug-likeness (QED) is 0.726. The highest BCUT2D eigenvalue weighted by Crippen LogP contribution is 2.19. The fraction of sp³-hybridized carbons (Fsp3) is 0.500. The maximum atomic E-state index is 5.63. The summed E-state index contributed by atoms with van der Waals surface area (Å²) >= 11 is 0. The van der Waals surface area contributed by atoms with Gasteiger partial charge in [0.15, 0.2) is 5.82 Å². The van der Waals surface area contributed by atoms with Crippen molar-refractivity contribution >= 4 is 22.8 Å². The highest BCUT2D eigenvalue weighted by molar-refractivity contribution is 5.85. The molecular weight excluding hydrogens is 204 g/mol. The standard InChI is InChI=1S/C10H16N6/c1-3-4-6(2)13-9-8-7(5-12-16-8)14-10(11)15-9/h5-6H,3-4H2,1-2H3,(H,12,16)(H3,11,13,14,15)/t6-/m1/s1. The minimum Gasteiger partial charge on any atom is -0.368 e. The average Bonchev–Trinajstić information content (AvgIpc) is 2.65. The highest BCUT2D eigenvalue weighted by Gasteiger charge is 2.09. The van der Waals surface area contributed by atoms with Crippen LogP contribution in [0.2, 0.25) is 0 Å². The summed E-state index contributed by atoms with van der Waals surface area (Å²) < 4.78 is 0. The summed E-state index contributed by atoms with van der Waals surface area (Å²) in [5, 5.41) is 10.1. The van der Waals surface area contributed by atoms with Gasteiger partial charge in [-0.25, -0.2) is 4.98 Å². The van der Waals surface area contributed by atoms with Crippen molar-refractivity contribution in [3.05, 3.63) is 6.20 Å². The molecule has 0 saturated carbocycles. The van der Waals surface area contributed by atoms with Crippen LogP contribution in [0.15, 0.2) is 6.20 Å². The summed E-state index contributed by atoms with van der Waals surface area (Å²) in [6.07, 6.45) is 3.85.